The van der Waals surface area contributed by atoms with Gasteiger partial charge in [-0.25, -0.2) is 8.42 Å². The van der Waals surface area contributed by atoms with Crippen molar-refractivity contribution in [3.8, 4) is 0 Å². The number of nitrogens with zero attached hydrogens (tertiary/aromatic N) is 3. The van der Waals surface area contributed by atoms with Crippen LogP contribution in [0.1, 0.15) is 11.3 Å². The van der Waals surface area contributed by atoms with Crippen molar-refractivity contribution in [2.24, 2.45) is 0 Å². The Morgan fingerprint density at radius 1 is 1.15 bits per heavy atom. The minimum Gasteiger partial charge on any atom is -0.263 e. The third-order valence-electron chi connectivity index (χ3n) is 3.82. The van der Waals surface area contributed by atoms with Crippen LogP contribution in [0.3, 0.4) is 0 Å². The lowest BCUT2D eigenvalue weighted by molar-refractivity contribution is -0.384. The van der Waals surface area contributed by atoms with E-state index in [-0.39, 0.29) is 16.4 Å². The summed E-state index contributed by atoms with van der Waals surface area (Å²) in [6, 6.07) is 13.5. The Kier molecular flexibility index (Phi) is 5.15. The van der Waals surface area contributed by atoms with Gasteiger partial charge >= 0.3 is 0 Å². The summed E-state index contributed by atoms with van der Waals surface area (Å²) < 4.78 is 29.0. The Morgan fingerprint density at radius 2 is 1.78 bits per heavy atom. The molecule has 0 aliphatic rings. The lowest BCUT2D eigenvalue weighted by atomic mass is 10.2. The van der Waals surface area contributed by atoms with Crippen molar-refractivity contribution < 1.29 is 13.3 Å². The van der Waals surface area contributed by atoms with Gasteiger partial charge in [0.25, 0.3) is 15.7 Å². The van der Waals surface area contributed by atoms with E-state index >= 15 is 0 Å². The zero-order valence-electron chi connectivity index (χ0n) is 14.2. The Labute approximate surface area is 160 Å². The molecule has 0 amide bonds. The molecule has 8 nitrogen and oxygen atoms in total. The first-order chi connectivity index (χ1) is 12.7. The van der Waals surface area contributed by atoms with E-state index in [9.17, 15) is 18.5 Å². The summed E-state index contributed by atoms with van der Waals surface area (Å²) in [4.78, 5) is 10.0. The first-order valence-corrected chi connectivity index (χ1v) is 9.67. The highest BCUT2D eigenvalue weighted by Crippen LogP contribution is 2.20. The van der Waals surface area contributed by atoms with E-state index in [1.165, 1.54) is 12.1 Å². The molecule has 27 heavy (non-hydrogen) atoms. The molecular formula is C17H15ClN4O4S. The van der Waals surface area contributed by atoms with Crippen molar-refractivity contribution in [2.45, 2.75) is 18.4 Å². The topological polar surface area (TPSA) is 107 Å². The number of non-ortho nitro benzene ring substituents is 1. The van der Waals surface area contributed by atoms with Crippen LogP contribution in [0.15, 0.2) is 59.5 Å². The molecule has 140 valence electrons. The molecular weight excluding hydrogens is 392 g/mol. The molecule has 0 unspecified atom stereocenters. The molecule has 0 saturated heterocycles. The summed E-state index contributed by atoms with van der Waals surface area (Å²) in [5.74, 6) is 0.166. The number of aromatic nitrogens is 2. The zero-order valence-corrected chi connectivity index (χ0v) is 15.7. The monoisotopic (exact) mass is 406 g/mol. The first-order valence-electron chi connectivity index (χ1n) is 7.81. The molecule has 2 aromatic carbocycles. The van der Waals surface area contributed by atoms with Crippen molar-refractivity contribution in [2.75, 3.05) is 4.72 Å². The van der Waals surface area contributed by atoms with Gasteiger partial charge in [-0.2, -0.15) is 5.10 Å². The molecule has 3 rings (SSSR count). The van der Waals surface area contributed by atoms with E-state index in [1.54, 1.807) is 22.9 Å². The van der Waals surface area contributed by atoms with E-state index in [4.69, 9.17) is 11.6 Å². The molecule has 3 aromatic rings. The maximum Gasteiger partial charge on any atom is 0.269 e. The van der Waals surface area contributed by atoms with Crippen molar-refractivity contribution in [1.82, 2.24) is 9.78 Å². The predicted molar refractivity (Wildman–Crippen MR) is 101 cm³/mol. The van der Waals surface area contributed by atoms with Crippen LogP contribution in [0, 0.1) is 17.0 Å². The van der Waals surface area contributed by atoms with Gasteiger partial charge in [0.15, 0.2) is 5.82 Å². The number of aryl methyl sites for hydroxylation is 1. The number of anilines is 1. The highest BCUT2D eigenvalue weighted by molar-refractivity contribution is 7.92. The number of nitro groups is 1. The van der Waals surface area contributed by atoms with Crippen LogP contribution >= 0.6 is 11.6 Å². The van der Waals surface area contributed by atoms with Gasteiger partial charge in [-0.3, -0.25) is 19.5 Å². The average molecular weight is 407 g/mol. The molecule has 0 radical (unpaired) electrons. The zero-order chi connectivity index (χ0) is 19.6. The maximum atomic E-state index is 12.5. The van der Waals surface area contributed by atoms with E-state index in [1.807, 2.05) is 19.1 Å². The molecule has 0 spiro atoms. The molecule has 1 N–H and O–H groups in total. The van der Waals surface area contributed by atoms with Crippen molar-refractivity contribution in [3.63, 3.8) is 0 Å². The molecule has 0 atom stereocenters. The van der Waals surface area contributed by atoms with Gasteiger partial charge in [0, 0.05) is 28.9 Å². The number of nitro benzene ring substituents is 1. The van der Waals surface area contributed by atoms with Crippen LogP contribution in [0.4, 0.5) is 11.5 Å². The number of sulfonamides is 1. The summed E-state index contributed by atoms with van der Waals surface area (Å²) in [5.41, 5.74) is 1.55. The molecule has 0 saturated carbocycles. The lowest BCUT2D eigenvalue weighted by Crippen LogP contribution is -2.14. The Bertz CT molecular complexity index is 1080. The molecule has 0 aliphatic carbocycles. The van der Waals surface area contributed by atoms with Crippen molar-refractivity contribution in [1.29, 1.82) is 0 Å². The Balaban J connectivity index is 1.78. The fourth-order valence-electron chi connectivity index (χ4n) is 2.43. The second kappa shape index (κ2) is 7.37. The van der Waals surface area contributed by atoms with Crippen LogP contribution < -0.4 is 4.72 Å². The summed E-state index contributed by atoms with van der Waals surface area (Å²) in [5, 5.41) is 15.6. The standard InChI is InChI=1S/C17H15ClN4O4S/c1-12-10-17(19-21(12)11-13-2-4-14(18)5-3-13)20-27(25,26)16-8-6-15(7-9-16)22(23)24/h2-10H,11H2,1H3,(H,19,20). The van der Waals surface area contributed by atoms with Crippen molar-refractivity contribution >= 4 is 33.1 Å². The fourth-order valence-corrected chi connectivity index (χ4v) is 3.54. The number of benzene rings is 2. The third kappa shape index (κ3) is 4.44. The third-order valence-corrected chi connectivity index (χ3v) is 5.45. The first kappa shape index (κ1) is 18.9. The highest BCUT2D eigenvalue weighted by atomic mass is 35.5. The fraction of sp³-hybridized carbons (Fsp3) is 0.118. The van der Waals surface area contributed by atoms with Gasteiger partial charge in [-0.1, -0.05) is 23.7 Å². The summed E-state index contributed by atoms with van der Waals surface area (Å²) in [7, 11) is -3.90. The highest BCUT2D eigenvalue weighted by Gasteiger charge is 2.18. The van der Waals surface area contributed by atoms with E-state index in [0.717, 1.165) is 23.4 Å². The predicted octanol–water partition coefficient (Wildman–Crippen LogP) is 3.60. The Hall–Kier alpha value is -2.91. The molecule has 10 heteroatoms. The minimum atomic E-state index is -3.90. The average Bonchev–Trinajstić information content (AvgIpc) is 2.95. The second-order valence-corrected chi connectivity index (χ2v) is 7.93. The number of rotatable bonds is 6. The minimum absolute atomic E-state index is 0.0852. The molecule has 0 aliphatic heterocycles. The quantitative estimate of drug-likeness (QED) is 0.497. The molecule has 1 heterocycles. The Morgan fingerprint density at radius 3 is 2.37 bits per heavy atom. The van der Waals surface area contributed by atoms with Gasteiger partial charge in [0.2, 0.25) is 0 Å². The summed E-state index contributed by atoms with van der Waals surface area (Å²) in [6.07, 6.45) is 0. The maximum absolute atomic E-state index is 12.5. The van der Waals surface area contributed by atoms with E-state index in [2.05, 4.69) is 9.82 Å². The lowest BCUT2D eigenvalue weighted by Gasteiger charge is -2.06. The largest absolute Gasteiger partial charge is 0.269 e. The van der Waals surface area contributed by atoms with Crippen molar-refractivity contribution in [3.05, 3.63) is 81.0 Å². The summed E-state index contributed by atoms with van der Waals surface area (Å²) >= 11 is 5.87. The van der Waals surface area contributed by atoms with Gasteiger partial charge in [0.1, 0.15) is 0 Å². The van der Waals surface area contributed by atoms with Crippen LogP contribution in [0.25, 0.3) is 0 Å². The van der Waals surface area contributed by atoms with Gasteiger partial charge in [-0.15, -0.1) is 0 Å². The number of halogens is 1. The number of hydrogen-bond acceptors (Lipinski definition) is 5. The summed E-state index contributed by atoms with van der Waals surface area (Å²) in [6.45, 7) is 2.27. The van der Waals surface area contributed by atoms with Crippen LogP contribution in [-0.2, 0) is 16.6 Å². The molecule has 1 aromatic heterocycles. The van der Waals surface area contributed by atoms with Crippen LogP contribution in [0.5, 0.6) is 0 Å². The van der Waals surface area contributed by atoms with Gasteiger partial charge < -0.3 is 0 Å². The number of hydrogen-bond donors (Lipinski definition) is 1. The van der Waals surface area contributed by atoms with Crippen LogP contribution in [-0.4, -0.2) is 23.1 Å². The second-order valence-electron chi connectivity index (χ2n) is 5.81. The number of nitrogens with one attached hydrogen (secondary N) is 1. The van der Waals surface area contributed by atoms with Gasteiger partial charge in [-0.05, 0) is 36.8 Å². The van der Waals surface area contributed by atoms with Gasteiger partial charge in [0.05, 0.1) is 16.4 Å². The van der Waals surface area contributed by atoms with E-state index in [0.29, 0.717) is 11.6 Å². The normalized spacial score (nSPS) is 11.3. The SMILES string of the molecule is Cc1cc(NS(=O)(=O)c2ccc([N+](=O)[O-])cc2)nn1Cc1ccc(Cl)cc1. The smallest absolute Gasteiger partial charge is 0.263 e. The molecule has 0 bridgehead atoms. The van der Waals surface area contributed by atoms with E-state index < -0.39 is 14.9 Å². The molecule has 0 fully saturated rings. The van der Waals surface area contributed by atoms with Crippen LogP contribution in [0.2, 0.25) is 5.02 Å².